The Bertz CT molecular complexity index is 2090. The molecule has 0 amide bonds. The molecule has 2 aromatic carbocycles. The van der Waals surface area contributed by atoms with Crippen LogP contribution in [0.1, 0.15) is 42.5 Å². The fourth-order valence-corrected chi connectivity index (χ4v) is 7.53. The molecule has 2 saturated heterocycles. The van der Waals surface area contributed by atoms with Gasteiger partial charge in [-0.2, -0.15) is 15.1 Å². The lowest BCUT2D eigenvalue weighted by Crippen LogP contribution is -2.51. The van der Waals surface area contributed by atoms with Crippen LogP contribution < -0.4 is 15.0 Å². The summed E-state index contributed by atoms with van der Waals surface area (Å²) in [7, 11) is 0. The molecule has 0 radical (unpaired) electrons. The maximum Gasteiger partial charge on any atom is 0.319 e. The van der Waals surface area contributed by atoms with Gasteiger partial charge in [0.2, 0.25) is 0 Å². The van der Waals surface area contributed by atoms with E-state index in [1.165, 1.54) is 42.8 Å². The lowest BCUT2D eigenvalue weighted by atomic mass is 9.96. The third kappa shape index (κ3) is 4.23. The number of phenols is 1. The van der Waals surface area contributed by atoms with Crippen LogP contribution in [0, 0.1) is 29.4 Å². The predicted molar refractivity (Wildman–Crippen MR) is 164 cm³/mol. The molecule has 5 aromatic rings. The number of fused-ring (bicyclic) bond motifs is 5. The van der Waals surface area contributed by atoms with Crippen molar-refractivity contribution >= 4 is 27.5 Å². The number of terminal acetylenes is 1. The zero-order valence-corrected chi connectivity index (χ0v) is 24.4. The summed E-state index contributed by atoms with van der Waals surface area (Å²) in [5.41, 5.74) is 2.58. The van der Waals surface area contributed by atoms with Crippen molar-refractivity contribution < 1.29 is 18.6 Å². The minimum absolute atomic E-state index is 0.0261. The Morgan fingerprint density at radius 2 is 1.93 bits per heavy atom. The Morgan fingerprint density at radius 3 is 2.71 bits per heavy atom. The predicted octanol–water partition coefficient (Wildman–Crippen LogP) is 4.86. The monoisotopic (exact) mass is 605 g/mol. The molecule has 1 aliphatic carbocycles. The van der Waals surface area contributed by atoms with Crippen molar-refractivity contribution in [1.82, 2.24) is 30.0 Å². The first kappa shape index (κ1) is 26.6. The number of benzene rings is 2. The number of ether oxygens (including phenoxy) is 1. The molecule has 226 valence electrons. The molecule has 2 bridgehead atoms. The van der Waals surface area contributed by atoms with Gasteiger partial charge in [0.15, 0.2) is 5.82 Å². The highest BCUT2D eigenvalue weighted by Gasteiger charge is 2.48. The highest BCUT2D eigenvalue weighted by Crippen LogP contribution is 2.53. The normalized spacial score (nSPS) is 21.0. The molecular formula is C34H29F2N7O2. The topological polar surface area (TPSA) is 101 Å². The molecule has 2 atom stereocenters. The maximum absolute atomic E-state index is 16.7. The molecule has 2 N–H and O–H groups in total. The van der Waals surface area contributed by atoms with Gasteiger partial charge in [-0.05, 0) is 61.1 Å². The Kier molecular flexibility index (Phi) is 5.66. The number of pyridine rings is 1. The van der Waals surface area contributed by atoms with Crippen molar-refractivity contribution in [3.8, 4) is 35.4 Å². The number of anilines is 1. The summed E-state index contributed by atoms with van der Waals surface area (Å²) in [5, 5.41) is 19.9. The van der Waals surface area contributed by atoms with E-state index in [4.69, 9.17) is 16.1 Å². The van der Waals surface area contributed by atoms with Crippen molar-refractivity contribution in [2.45, 2.75) is 57.3 Å². The first-order chi connectivity index (χ1) is 21.9. The van der Waals surface area contributed by atoms with E-state index in [-0.39, 0.29) is 46.1 Å². The molecule has 6 heterocycles. The number of nitrogens with zero attached hydrogens (tertiary/aromatic N) is 6. The van der Waals surface area contributed by atoms with Crippen LogP contribution in [-0.2, 0) is 19.6 Å². The Labute approximate surface area is 257 Å². The number of rotatable bonds is 5. The van der Waals surface area contributed by atoms with Gasteiger partial charge in [-0.25, -0.2) is 8.78 Å². The number of halogens is 2. The SMILES string of the molecule is C#Cc1c(F)ccc2cc(O)cc(-c3ncc4c(N5C[C@H]6CC[C@@H](C5)N6)nc(OCc5cnn6c5CC5(CC5)C6)nc4c3F)c12. The van der Waals surface area contributed by atoms with E-state index >= 15 is 4.39 Å². The van der Waals surface area contributed by atoms with E-state index in [0.29, 0.717) is 47.2 Å². The molecule has 11 heteroatoms. The molecule has 3 fully saturated rings. The fraction of sp³-hybridized carbons (Fsp3) is 0.353. The highest BCUT2D eigenvalue weighted by atomic mass is 19.1. The zero-order chi connectivity index (χ0) is 30.4. The van der Waals surface area contributed by atoms with Gasteiger partial charge >= 0.3 is 6.01 Å². The van der Waals surface area contributed by atoms with Crippen LogP contribution in [0.4, 0.5) is 14.6 Å². The summed E-state index contributed by atoms with van der Waals surface area (Å²) >= 11 is 0. The summed E-state index contributed by atoms with van der Waals surface area (Å²) in [5.74, 6) is 1.46. The molecular weight excluding hydrogens is 576 g/mol. The van der Waals surface area contributed by atoms with Gasteiger partial charge in [-0.1, -0.05) is 12.0 Å². The number of piperazine rings is 1. The lowest BCUT2D eigenvalue weighted by molar-refractivity contribution is 0.280. The highest BCUT2D eigenvalue weighted by molar-refractivity contribution is 6.03. The standard InChI is InChI=1S/C34H29F2N7O2/c1-2-23-26(35)6-3-18-9-22(44)10-24(28(18)23)30-29(36)31-25(13-37-30)32(42-14-20-4-5-21(15-42)39-20)41-33(40-31)45-16-19-12-38-43-17-34(7-8-34)11-27(19)43/h1,3,6,9-10,12-13,20-21,39,44H,4-5,7-8,11,14-17H2/t20-,21+. The summed E-state index contributed by atoms with van der Waals surface area (Å²) in [6.45, 7) is 2.59. The molecule has 4 aliphatic rings. The van der Waals surface area contributed by atoms with E-state index in [1.54, 1.807) is 6.20 Å². The van der Waals surface area contributed by atoms with Crippen LogP contribution in [0.2, 0.25) is 0 Å². The third-order valence-electron chi connectivity index (χ3n) is 9.99. The average molecular weight is 606 g/mol. The van der Waals surface area contributed by atoms with E-state index < -0.39 is 11.6 Å². The van der Waals surface area contributed by atoms with Gasteiger partial charge in [0.05, 0.1) is 17.1 Å². The summed E-state index contributed by atoms with van der Waals surface area (Å²) in [6, 6.07) is 6.22. The molecule has 3 aromatic heterocycles. The second-order valence-electron chi connectivity index (χ2n) is 13.0. The maximum atomic E-state index is 16.7. The van der Waals surface area contributed by atoms with Crippen molar-refractivity contribution in [3.05, 3.63) is 65.1 Å². The third-order valence-corrected chi connectivity index (χ3v) is 9.99. The van der Waals surface area contributed by atoms with Crippen LogP contribution >= 0.6 is 0 Å². The van der Waals surface area contributed by atoms with Gasteiger partial charge < -0.3 is 20.1 Å². The first-order valence-corrected chi connectivity index (χ1v) is 15.3. The number of aromatic hydroxyl groups is 1. The minimum Gasteiger partial charge on any atom is -0.508 e. The Morgan fingerprint density at radius 1 is 1.11 bits per heavy atom. The second-order valence-corrected chi connectivity index (χ2v) is 13.0. The van der Waals surface area contributed by atoms with Crippen LogP contribution in [-0.4, -0.2) is 55.0 Å². The molecule has 3 aliphatic heterocycles. The van der Waals surface area contributed by atoms with Crippen LogP contribution in [0.3, 0.4) is 0 Å². The van der Waals surface area contributed by atoms with E-state index in [9.17, 15) is 9.50 Å². The van der Waals surface area contributed by atoms with Gasteiger partial charge in [0.25, 0.3) is 0 Å². The van der Waals surface area contributed by atoms with E-state index in [1.807, 2.05) is 6.20 Å². The van der Waals surface area contributed by atoms with Crippen molar-refractivity contribution in [1.29, 1.82) is 0 Å². The smallest absolute Gasteiger partial charge is 0.319 e. The number of phenolic OH excluding ortho intramolecular Hbond substituents is 1. The summed E-state index contributed by atoms with van der Waals surface area (Å²) in [6.07, 6.45) is 14.6. The molecule has 9 rings (SSSR count). The van der Waals surface area contributed by atoms with Crippen LogP contribution in [0.5, 0.6) is 11.8 Å². The zero-order valence-electron chi connectivity index (χ0n) is 24.4. The lowest BCUT2D eigenvalue weighted by Gasteiger charge is -2.34. The van der Waals surface area contributed by atoms with E-state index in [2.05, 4.69) is 35.9 Å². The van der Waals surface area contributed by atoms with Gasteiger partial charge in [-0.15, -0.1) is 6.42 Å². The molecule has 1 saturated carbocycles. The first-order valence-electron chi connectivity index (χ1n) is 15.3. The van der Waals surface area contributed by atoms with E-state index in [0.717, 1.165) is 31.4 Å². The summed E-state index contributed by atoms with van der Waals surface area (Å²) < 4.78 is 39.8. The number of nitrogens with one attached hydrogen (secondary N) is 1. The second kappa shape index (κ2) is 9.59. The van der Waals surface area contributed by atoms with Gasteiger partial charge in [0.1, 0.15) is 35.2 Å². The van der Waals surface area contributed by atoms with Crippen LogP contribution in [0.15, 0.2) is 36.7 Å². The summed E-state index contributed by atoms with van der Waals surface area (Å²) in [4.78, 5) is 16.0. The number of hydrogen-bond donors (Lipinski definition) is 2. The largest absolute Gasteiger partial charge is 0.508 e. The number of hydrogen-bond acceptors (Lipinski definition) is 8. The Balaban J connectivity index is 1.17. The molecule has 45 heavy (non-hydrogen) atoms. The average Bonchev–Trinajstić information content (AvgIpc) is 3.36. The molecule has 9 nitrogen and oxygen atoms in total. The number of aromatic nitrogens is 5. The quantitative estimate of drug-likeness (QED) is 0.274. The molecule has 0 unspecified atom stereocenters. The van der Waals surface area contributed by atoms with Gasteiger partial charge in [-0.3, -0.25) is 9.67 Å². The Hall–Kier alpha value is -4.82. The fourth-order valence-electron chi connectivity index (χ4n) is 7.53. The van der Waals surface area contributed by atoms with Gasteiger partial charge in [0, 0.05) is 60.1 Å². The van der Waals surface area contributed by atoms with Crippen molar-refractivity contribution in [2.75, 3.05) is 18.0 Å². The minimum atomic E-state index is -0.736. The van der Waals surface area contributed by atoms with Crippen LogP contribution in [0.25, 0.3) is 32.9 Å². The molecule has 1 spiro atoms. The van der Waals surface area contributed by atoms with Crippen molar-refractivity contribution in [2.24, 2.45) is 5.41 Å². The van der Waals surface area contributed by atoms with Crippen molar-refractivity contribution in [3.63, 3.8) is 0 Å².